The summed E-state index contributed by atoms with van der Waals surface area (Å²) >= 11 is 0. The lowest BCUT2D eigenvalue weighted by atomic mass is 9.74. The highest BCUT2D eigenvalue weighted by atomic mass is 16.4. The molecule has 0 aliphatic carbocycles. The zero-order chi connectivity index (χ0) is 14.6. The Morgan fingerprint density at radius 2 is 1.63 bits per heavy atom. The fraction of sp³-hybridized carbons (Fsp3) is 0.588. The van der Waals surface area contributed by atoms with E-state index in [9.17, 15) is 4.79 Å². The van der Waals surface area contributed by atoms with E-state index in [-0.39, 0.29) is 17.8 Å². The van der Waals surface area contributed by atoms with Crippen LogP contribution in [0, 0.1) is 5.41 Å². The van der Waals surface area contributed by atoms with Gasteiger partial charge in [0.1, 0.15) is 0 Å². The zero-order valence-electron chi connectivity index (χ0n) is 12.7. The van der Waals surface area contributed by atoms with Crippen LogP contribution in [-0.4, -0.2) is 11.1 Å². The Hall–Kier alpha value is -1.31. The molecule has 1 aromatic rings. The van der Waals surface area contributed by atoms with Gasteiger partial charge in [0.15, 0.2) is 0 Å². The van der Waals surface area contributed by atoms with Crippen LogP contribution in [0.1, 0.15) is 70.4 Å². The van der Waals surface area contributed by atoms with Crippen molar-refractivity contribution in [3.63, 3.8) is 0 Å². The summed E-state index contributed by atoms with van der Waals surface area (Å²) in [5.41, 5.74) is 2.41. The van der Waals surface area contributed by atoms with Crippen molar-refractivity contribution in [3.8, 4) is 0 Å². The standard InChI is InChI=1S/C17H26O2/c1-6-12(2)13-7-9-14(10-8-13)15(11-16(18)19)17(3,4)5/h7-10,12,15H,6,11H2,1-5H3,(H,18,19). The Morgan fingerprint density at radius 3 is 2.00 bits per heavy atom. The maximum Gasteiger partial charge on any atom is 0.303 e. The van der Waals surface area contributed by atoms with E-state index in [0.29, 0.717) is 5.92 Å². The molecule has 2 unspecified atom stereocenters. The number of aliphatic carboxylic acids is 1. The SMILES string of the molecule is CCC(C)c1ccc(C(CC(=O)O)C(C)(C)C)cc1. The lowest BCUT2D eigenvalue weighted by Crippen LogP contribution is -2.21. The van der Waals surface area contributed by atoms with E-state index in [1.165, 1.54) is 5.56 Å². The summed E-state index contributed by atoms with van der Waals surface area (Å²) in [5, 5.41) is 9.09. The third-order valence-electron chi connectivity index (χ3n) is 3.94. The van der Waals surface area contributed by atoms with Gasteiger partial charge in [-0.05, 0) is 34.8 Å². The number of hydrogen-bond acceptors (Lipinski definition) is 1. The van der Waals surface area contributed by atoms with Crippen molar-refractivity contribution >= 4 is 5.97 Å². The van der Waals surface area contributed by atoms with E-state index < -0.39 is 5.97 Å². The molecule has 0 aliphatic rings. The van der Waals surface area contributed by atoms with Crippen LogP contribution in [0.25, 0.3) is 0 Å². The van der Waals surface area contributed by atoms with E-state index >= 15 is 0 Å². The van der Waals surface area contributed by atoms with Crippen molar-refractivity contribution in [1.29, 1.82) is 0 Å². The average molecular weight is 262 g/mol. The lowest BCUT2D eigenvalue weighted by Gasteiger charge is -2.30. The zero-order valence-corrected chi connectivity index (χ0v) is 12.7. The van der Waals surface area contributed by atoms with Gasteiger partial charge in [0, 0.05) is 0 Å². The molecular weight excluding hydrogens is 236 g/mol. The van der Waals surface area contributed by atoms with Gasteiger partial charge in [0.2, 0.25) is 0 Å². The van der Waals surface area contributed by atoms with Gasteiger partial charge in [-0.25, -0.2) is 0 Å². The summed E-state index contributed by atoms with van der Waals surface area (Å²) in [5.74, 6) is -0.122. The van der Waals surface area contributed by atoms with Crippen LogP contribution in [-0.2, 0) is 4.79 Å². The van der Waals surface area contributed by atoms with Crippen molar-refractivity contribution in [1.82, 2.24) is 0 Å². The number of carboxylic acids is 1. The molecule has 1 aromatic carbocycles. The maximum absolute atomic E-state index is 11.1. The van der Waals surface area contributed by atoms with Crippen molar-refractivity contribution in [3.05, 3.63) is 35.4 Å². The Balaban J connectivity index is 3.01. The van der Waals surface area contributed by atoms with Crippen molar-refractivity contribution < 1.29 is 9.90 Å². The molecule has 0 aliphatic heterocycles. The summed E-state index contributed by atoms with van der Waals surface area (Å²) in [4.78, 5) is 11.1. The number of carboxylic acid groups (broad SMARTS) is 1. The maximum atomic E-state index is 11.1. The number of rotatable bonds is 5. The van der Waals surface area contributed by atoms with Crippen LogP contribution in [0.3, 0.4) is 0 Å². The number of carbonyl (C=O) groups is 1. The van der Waals surface area contributed by atoms with Crippen LogP contribution >= 0.6 is 0 Å². The van der Waals surface area contributed by atoms with Gasteiger partial charge in [-0.3, -0.25) is 4.79 Å². The number of benzene rings is 1. The van der Waals surface area contributed by atoms with Crippen molar-refractivity contribution in [2.75, 3.05) is 0 Å². The smallest absolute Gasteiger partial charge is 0.303 e. The summed E-state index contributed by atoms with van der Waals surface area (Å²) in [7, 11) is 0. The molecule has 0 fully saturated rings. The minimum atomic E-state index is -0.731. The Labute approximate surface area is 116 Å². The molecule has 1 N–H and O–H groups in total. The molecule has 1 rings (SSSR count). The van der Waals surface area contributed by atoms with Crippen LogP contribution in [0.2, 0.25) is 0 Å². The molecule has 0 saturated heterocycles. The van der Waals surface area contributed by atoms with Gasteiger partial charge in [-0.15, -0.1) is 0 Å². The summed E-state index contributed by atoms with van der Waals surface area (Å²) in [6.07, 6.45) is 1.31. The second-order valence-electron chi connectivity index (χ2n) is 6.49. The van der Waals surface area contributed by atoms with Crippen LogP contribution < -0.4 is 0 Å². The first-order valence-corrected chi connectivity index (χ1v) is 7.07. The van der Waals surface area contributed by atoms with Crippen molar-refractivity contribution in [2.24, 2.45) is 5.41 Å². The molecule has 2 nitrogen and oxygen atoms in total. The van der Waals surface area contributed by atoms with Crippen LogP contribution in [0.5, 0.6) is 0 Å². The van der Waals surface area contributed by atoms with Crippen LogP contribution in [0.4, 0.5) is 0 Å². The van der Waals surface area contributed by atoms with Gasteiger partial charge in [0.05, 0.1) is 6.42 Å². The van der Waals surface area contributed by atoms with E-state index in [4.69, 9.17) is 5.11 Å². The first-order valence-electron chi connectivity index (χ1n) is 7.07. The minimum Gasteiger partial charge on any atom is -0.481 e. The molecule has 0 bridgehead atoms. The average Bonchev–Trinajstić information content (AvgIpc) is 2.34. The van der Waals surface area contributed by atoms with Crippen molar-refractivity contribution in [2.45, 2.75) is 59.3 Å². The van der Waals surface area contributed by atoms with E-state index in [2.05, 4.69) is 58.9 Å². The quantitative estimate of drug-likeness (QED) is 0.827. The molecule has 0 saturated carbocycles. The van der Waals surface area contributed by atoms with Gasteiger partial charge in [-0.2, -0.15) is 0 Å². The topological polar surface area (TPSA) is 37.3 Å². The second-order valence-corrected chi connectivity index (χ2v) is 6.49. The Kier molecular flexibility index (Phi) is 5.16. The molecule has 106 valence electrons. The fourth-order valence-electron chi connectivity index (χ4n) is 2.39. The third-order valence-corrected chi connectivity index (χ3v) is 3.94. The first kappa shape index (κ1) is 15.7. The molecule has 19 heavy (non-hydrogen) atoms. The highest BCUT2D eigenvalue weighted by Gasteiger charge is 2.28. The molecule has 2 atom stereocenters. The second kappa shape index (κ2) is 6.23. The fourth-order valence-corrected chi connectivity index (χ4v) is 2.39. The normalized spacial score (nSPS) is 15.0. The summed E-state index contributed by atoms with van der Waals surface area (Å²) in [6.45, 7) is 10.7. The third kappa shape index (κ3) is 4.38. The van der Waals surface area contributed by atoms with Gasteiger partial charge in [-0.1, -0.05) is 58.9 Å². The highest BCUT2D eigenvalue weighted by molar-refractivity contribution is 5.68. The van der Waals surface area contributed by atoms with Gasteiger partial charge >= 0.3 is 5.97 Å². The van der Waals surface area contributed by atoms with Crippen LogP contribution in [0.15, 0.2) is 24.3 Å². The van der Waals surface area contributed by atoms with E-state index in [1.54, 1.807) is 0 Å². The molecular formula is C17H26O2. The first-order chi connectivity index (χ1) is 8.75. The Morgan fingerprint density at radius 1 is 1.16 bits per heavy atom. The minimum absolute atomic E-state index is 0.0454. The van der Waals surface area contributed by atoms with E-state index in [0.717, 1.165) is 12.0 Å². The summed E-state index contributed by atoms with van der Waals surface area (Å²) < 4.78 is 0. The molecule has 2 heteroatoms. The predicted molar refractivity (Wildman–Crippen MR) is 79.6 cm³/mol. The molecule has 0 aromatic heterocycles. The molecule has 0 amide bonds. The van der Waals surface area contributed by atoms with Gasteiger partial charge < -0.3 is 5.11 Å². The molecule has 0 heterocycles. The lowest BCUT2D eigenvalue weighted by molar-refractivity contribution is -0.138. The largest absolute Gasteiger partial charge is 0.481 e. The Bertz CT molecular complexity index is 412. The summed E-state index contributed by atoms with van der Waals surface area (Å²) in [6, 6.07) is 8.48. The molecule has 0 radical (unpaired) electrons. The molecule has 0 spiro atoms. The predicted octanol–water partition coefficient (Wildman–Crippen LogP) is 4.80. The monoisotopic (exact) mass is 262 g/mol. The number of hydrogen-bond donors (Lipinski definition) is 1. The van der Waals surface area contributed by atoms with Gasteiger partial charge in [0.25, 0.3) is 0 Å². The van der Waals surface area contributed by atoms with E-state index in [1.807, 2.05) is 0 Å². The highest BCUT2D eigenvalue weighted by Crippen LogP contribution is 2.38.